The molecule has 2 aromatic rings. The van der Waals surface area contributed by atoms with E-state index in [1.165, 1.54) is 29.5 Å². The van der Waals surface area contributed by atoms with Crippen LogP contribution in [-0.4, -0.2) is 19.9 Å². The van der Waals surface area contributed by atoms with Crippen molar-refractivity contribution >= 4 is 21.4 Å². The predicted molar refractivity (Wildman–Crippen MR) is 81.6 cm³/mol. The Kier molecular flexibility index (Phi) is 4.73. The van der Waals surface area contributed by atoms with Crippen LogP contribution >= 0.6 is 11.3 Å². The second kappa shape index (κ2) is 6.35. The predicted octanol–water partition coefficient (Wildman–Crippen LogP) is 2.41. The van der Waals surface area contributed by atoms with Crippen molar-refractivity contribution in [1.29, 1.82) is 5.26 Å². The summed E-state index contributed by atoms with van der Waals surface area (Å²) in [6, 6.07) is 6.50. The molecule has 0 bridgehead atoms. The first-order chi connectivity index (χ1) is 9.94. The monoisotopic (exact) mass is 321 g/mol. The largest absolute Gasteiger partial charge is 0.249 e. The minimum Gasteiger partial charge on any atom is -0.249 e. The number of hydrogen-bond acceptors (Lipinski definition) is 5. The van der Waals surface area contributed by atoms with Gasteiger partial charge in [0.1, 0.15) is 0 Å². The van der Waals surface area contributed by atoms with Gasteiger partial charge in [-0.15, -0.1) is 11.3 Å². The first-order valence-electron chi connectivity index (χ1n) is 6.34. The number of aromatic nitrogens is 1. The van der Waals surface area contributed by atoms with Crippen LogP contribution in [0.2, 0.25) is 0 Å². The fourth-order valence-electron chi connectivity index (χ4n) is 1.81. The lowest BCUT2D eigenvalue weighted by Crippen LogP contribution is -2.27. The summed E-state index contributed by atoms with van der Waals surface area (Å²) in [7, 11) is -3.58. The number of aryl methyl sites for hydroxylation is 1. The van der Waals surface area contributed by atoms with Crippen molar-refractivity contribution in [2.24, 2.45) is 0 Å². The highest BCUT2D eigenvalue weighted by molar-refractivity contribution is 7.89. The minimum atomic E-state index is -3.58. The third-order valence-electron chi connectivity index (χ3n) is 3.08. The molecule has 0 radical (unpaired) electrons. The third-order valence-corrected chi connectivity index (χ3v) is 5.51. The summed E-state index contributed by atoms with van der Waals surface area (Å²) in [6.45, 7) is 3.93. The van der Waals surface area contributed by atoms with Crippen LogP contribution in [0.4, 0.5) is 0 Å². The molecule has 1 atom stereocenters. The van der Waals surface area contributed by atoms with E-state index in [1.807, 2.05) is 18.4 Å². The molecule has 0 saturated heterocycles. The van der Waals surface area contributed by atoms with Crippen molar-refractivity contribution < 1.29 is 8.42 Å². The van der Waals surface area contributed by atoms with Crippen molar-refractivity contribution in [1.82, 2.24) is 9.71 Å². The minimum absolute atomic E-state index is 0.0132. The summed E-state index contributed by atoms with van der Waals surface area (Å²) in [5, 5.41) is 11.6. The first-order valence-corrected chi connectivity index (χ1v) is 8.70. The van der Waals surface area contributed by atoms with Gasteiger partial charge in [0.2, 0.25) is 10.0 Å². The Morgan fingerprint density at radius 3 is 2.81 bits per heavy atom. The number of rotatable bonds is 5. The van der Waals surface area contributed by atoms with Gasteiger partial charge < -0.3 is 0 Å². The Bertz CT molecular complexity index is 762. The van der Waals surface area contributed by atoms with E-state index in [0.717, 1.165) is 5.01 Å². The molecule has 21 heavy (non-hydrogen) atoms. The highest BCUT2D eigenvalue weighted by Crippen LogP contribution is 2.18. The van der Waals surface area contributed by atoms with E-state index in [1.54, 1.807) is 13.1 Å². The topological polar surface area (TPSA) is 82.8 Å². The zero-order valence-corrected chi connectivity index (χ0v) is 13.3. The molecule has 0 saturated carbocycles. The second-order valence-electron chi connectivity index (χ2n) is 4.71. The second-order valence-corrected chi connectivity index (χ2v) is 7.40. The van der Waals surface area contributed by atoms with Crippen molar-refractivity contribution in [2.75, 3.05) is 6.54 Å². The smallest absolute Gasteiger partial charge is 0.240 e. The molecule has 0 aliphatic carbocycles. The van der Waals surface area contributed by atoms with Crippen molar-refractivity contribution in [3.63, 3.8) is 0 Å². The molecule has 1 aromatic carbocycles. The standard InChI is InChI=1S/C14H15N3O2S2/c1-10-7-13(4-3-12(10)8-15)21(18,19)17-9-11(2)14-16-5-6-20-14/h3-7,11,17H,9H2,1-2H3. The Morgan fingerprint density at radius 2 is 2.24 bits per heavy atom. The van der Waals surface area contributed by atoms with Gasteiger partial charge in [0.15, 0.2) is 0 Å². The molecular formula is C14H15N3O2S2. The fourth-order valence-corrected chi connectivity index (χ4v) is 3.73. The Labute approximate surface area is 128 Å². The third kappa shape index (κ3) is 3.67. The molecule has 1 N–H and O–H groups in total. The highest BCUT2D eigenvalue weighted by atomic mass is 32.2. The van der Waals surface area contributed by atoms with Crippen LogP contribution in [0.1, 0.15) is 29.0 Å². The molecule has 0 amide bonds. The molecule has 110 valence electrons. The van der Waals surface area contributed by atoms with E-state index in [-0.39, 0.29) is 17.4 Å². The summed E-state index contributed by atoms with van der Waals surface area (Å²) < 4.78 is 27.1. The number of hydrogen-bond donors (Lipinski definition) is 1. The average molecular weight is 321 g/mol. The zero-order chi connectivity index (χ0) is 15.5. The maximum absolute atomic E-state index is 12.2. The van der Waals surface area contributed by atoms with Crippen LogP contribution in [0.15, 0.2) is 34.7 Å². The van der Waals surface area contributed by atoms with E-state index >= 15 is 0 Å². The van der Waals surface area contributed by atoms with Gasteiger partial charge in [-0.05, 0) is 30.7 Å². The van der Waals surface area contributed by atoms with Crippen molar-refractivity contribution in [3.05, 3.63) is 45.9 Å². The van der Waals surface area contributed by atoms with Gasteiger partial charge in [-0.3, -0.25) is 0 Å². The highest BCUT2D eigenvalue weighted by Gasteiger charge is 2.17. The van der Waals surface area contributed by atoms with E-state index in [0.29, 0.717) is 11.1 Å². The van der Waals surface area contributed by atoms with Crippen molar-refractivity contribution in [2.45, 2.75) is 24.7 Å². The molecule has 5 nitrogen and oxygen atoms in total. The van der Waals surface area contributed by atoms with Crippen LogP contribution in [-0.2, 0) is 10.0 Å². The van der Waals surface area contributed by atoms with Crippen LogP contribution in [0, 0.1) is 18.3 Å². The number of nitrogens with zero attached hydrogens (tertiary/aromatic N) is 2. The molecule has 7 heteroatoms. The van der Waals surface area contributed by atoms with Gasteiger partial charge in [0.25, 0.3) is 0 Å². The van der Waals surface area contributed by atoms with Gasteiger partial charge in [0, 0.05) is 24.0 Å². The number of sulfonamides is 1. The lowest BCUT2D eigenvalue weighted by Gasteiger charge is -2.11. The van der Waals surface area contributed by atoms with E-state index < -0.39 is 10.0 Å². The SMILES string of the molecule is Cc1cc(S(=O)(=O)NCC(C)c2nccs2)ccc1C#N. The lowest BCUT2D eigenvalue weighted by atomic mass is 10.1. The zero-order valence-electron chi connectivity index (χ0n) is 11.7. The summed E-state index contributed by atoms with van der Waals surface area (Å²) in [5.74, 6) is 0.0132. The molecule has 0 aliphatic heterocycles. The molecule has 2 rings (SSSR count). The summed E-state index contributed by atoms with van der Waals surface area (Å²) >= 11 is 1.50. The maximum atomic E-state index is 12.2. The summed E-state index contributed by atoms with van der Waals surface area (Å²) in [5.41, 5.74) is 1.12. The van der Waals surface area contributed by atoms with Gasteiger partial charge in [-0.25, -0.2) is 18.1 Å². The van der Waals surface area contributed by atoms with Gasteiger partial charge >= 0.3 is 0 Å². The Balaban J connectivity index is 2.12. The van der Waals surface area contributed by atoms with Gasteiger partial charge in [-0.1, -0.05) is 6.92 Å². The Hall–Kier alpha value is -1.75. The van der Waals surface area contributed by atoms with E-state index in [9.17, 15) is 8.42 Å². The lowest BCUT2D eigenvalue weighted by molar-refractivity contribution is 0.574. The van der Waals surface area contributed by atoms with Crippen LogP contribution in [0.5, 0.6) is 0 Å². The maximum Gasteiger partial charge on any atom is 0.240 e. The fraction of sp³-hybridized carbons (Fsp3) is 0.286. The van der Waals surface area contributed by atoms with Crippen LogP contribution < -0.4 is 4.72 Å². The quantitative estimate of drug-likeness (QED) is 0.916. The van der Waals surface area contributed by atoms with Crippen molar-refractivity contribution in [3.8, 4) is 6.07 Å². The number of thiazole rings is 1. The molecule has 1 unspecified atom stereocenters. The summed E-state index contributed by atoms with van der Waals surface area (Å²) in [4.78, 5) is 4.35. The van der Waals surface area contributed by atoms with Gasteiger partial charge in [-0.2, -0.15) is 5.26 Å². The normalized spacial score (nSPS) is 12.8. The van der Waals surface area contributed by atoms with E-state index in [4.69, 9.17) is 5.26 Å². The molecular weight excluding hydrogens is 306 g/mol. The first kappa shape index (κ1) is 15.6. The molecule has 0 spiro atoms. The molecule has 0 aliphatic rings. The Morgan fingerprint density at radius 1 is 1.48 bits per heavy atom. The molecule has 0 fully saturated rings. The number of benzene rings is 1. The van der Waals surface area contributed by atoms with Crippen LogP contribution in [0.25, 0.3) is 0 Å². The van der Waals surface area contributed by atoms with E-state index in [2.05, 4.69) is 9.71 Å². The van der Waals surface area contributed by atoms with Gasteiger partial charge in [0.05, 0.1) is 21.5 Å². The number of nitrogens with one attached hydrogen (secondary N) is 1. The molecule has 1 heterocycles. The summed E-state index contributed by atoms with van der Waals surface area (Å²) in [6.07, 6.45) is 1.70. The number of nitriles is 1. The average Bonchev–Trinajstić information content (AvgIpc) is 2.99. The van der Waals surface area contributed by atoms with Crippen LogP contribution in [0.3, 0.4) is 0 Å². The molecule has 1 aromatic heterocycles.